The predicted molar refractivity (Wildman–Crippen MR) is 65.0 cm³/mol. The van der Waals surface area contributed by atoms with Gasteiger partial charge in [0.05, 0.1) is 7.59 Å². The predicted octanol–water partition coefficient (Wildman–Crippen LogP) is 1.83. The lowest BCUT2D eigenvalue weighted by atomic mass is 10.2. The normalized spacial score (nSPS) is 18.5. The molecule has 0 aromatic carbocycles. The molecule has 4 heteroatoms. The van der Waals surface area contributed by atoms with Crippen molar-refractivity contribution in [1.29, 1.82) is 0 Å². The summed E-state index contributed by atoms with van der Waals surface area (Å²) in [6.45, 7) is 15.5. The standard InChI is InChI=1S/C9H25NOSi2/c1-8(10)12(13(5,6)7)11-9(2,3)4/h8,12H,10H2,1-7H3. The van der Waals surface area contributed by atoms with Crippen LogP contribution >= 0.6 is 0 Å². The molecule has 0 aliphatic rings. The fraction of sp³-hybridized carbons (Fsp3) is 1.00. The second-order valence-corrected chi connectivity index (χ2v) is 19.6. The van der Waals surface area contributed by atoms with Crippen molar-refractivity contribution >= 4 is 16.1 Å². The minimum Gasteiger partial charge on any atom is -0.417 e. The lowest BCUT2D eigenvalue weighted by Crippen LogP contribution is -2.58. The van der Waals surface area contributed by atoms with Crippen LogP contribution < -0.4 is 5.73 Å². The molecule has 0 heterocycles. The summed E-state index contributed by atoms with van der Waals surface area (Å²) in [7, 11) is -2.37. The van der Waals surface area contributed by atoms with Crippen LogP contribution in [0.3, 0.4) is 0 Å². The number of rotatable bonds is 3. The summed E-state index contributed by atoms with van der Waals surface area (Å²) in [4.78, 5) is 0. The first kappa shape index (κ1) is 13.4. The first-order valence-corrected chi connectivity index (χ1v) is 11.4. The van der Waals surface area contributed by atoms with E-state index < -0.39 is 16.1 Å². The molecular formula is C9H25NOSi2. The van der Waals surface area contributed by atoms with Gasteiger partial charge in [-0.3, -0.25) is 0 Å². The molecule has 0 aliphatic carbocycles. The zero-order chi connectivity index (χ0) is 10.9. The van der Waals surface area contributed by atoms with Gasteiger partial charge in [-0.15, -0.1) is 0 Å². The number of nitrogens with two attached hydrogens (primary N) is 1. The van der Waals surface area contributed by atoms with Gasteiger partial charge >= 0.3 is 0 Å². The Bertz CT molecular complexity index is 158. The summed E-state index contributed by atoms with van der Waals surface area (Å²) in [6.07, 6.45) is 0. The van der Waals surface area contributed by atoms with Crippen molar-refractivity contribution in [3.05, 3.63) is 0 Å². The van der Waals surface area contributed by atoms with Crippen molar-refractivity contribution in [2.45, 2.75) is 58.6 Å². The monoisotopic (exact) mass is 219 g/mol. The number of hydrogen-bond acceptors (Lipinski definition) is 2. The molecule has 0 radical (unpaired) electrons. The van der Waals surface area contributed by atoms with Gasteiger partial charge in [-0.2, -0.15) is 0 Å². The smallest absolute Gasteiger partial charge is 0.181 e. The van der Waals surface area contributed by atoms with Crippen LogP contribution in [0.2, 0.25) is 19.6 Å². The maximum atomic E-state index is 6.14. The summed E-state index contributed by atoms with van der Waals surface area (Å²) >= 11 is 0. The summed E-state index contributed by atoms with van der Waals surface area (Å²) in [5.41, 5.74) is 6.25. The van der Waals surface area contributed by atoms with Gasteiger partial charge in [0.15, 0.2) is 8.56 Å². The summed E-state index contributed by atoms with van der Waals surface area (Å²) in [5, 5.41) is 0. The van der Waals surface area contributed by atoms with E-state index in [1.807, 2.05) is 0 Å². The van der Waals surface area contributed by atoms with Crippen molar-refractivity contribution in [3.63, 3.8) is 0 Å². The highest BCUT2D eigenvalue weighted by Gasteiger charge is 2.35. The van der Waals surface area contributed by atoms with Crippen molar-refractivity contribution in [3.8, 4) is 0 Å². The van der Waals surface area contributed by atoms with Gasteiger partial charge in [-0.1, -0.05) is 26.6 Å². The van der Waals surface area contributed by atoms with Crippen LogP contribution in [-0.4, -0.2) is 27.4 Å². The van der Waals surface area contributed by atoms with Crippen molar-refractivity contribution in [1.82, 2.24) is 0 Å². The summed E-state index contributed by atoms with van der Waals surface area (Å²) in [5.74, 6) is 0. The van der Waals surface area contributed by atoms with Crippen molar-refractivity contribution in [2.75, 3.05) is 0 Å². The highest BCUT2D eigenvalue weighted by molar-refractivity contribution is 7.29. The average Bonchev–Trinajstić information content (AvgIpc) is 1.77. The molecule has 13 heavy (non-hydrogen) atoms. The summed E-state index contributed by atoms with van der Waals surface area (Å²) < 4.78 is 6.14. The molecule has 0 aromatic rings. The lowest BCUT2D eigenvalue weighted by Gasteiger charge is -2.36. The van der Waals surface area contributed by atoms with Gasteiger partial charge in [-0.25, -0.2) is 0 Å². The Kier molecular flexibility index (Phi) is 4.37. The van der Waals surface area contributed by atoms with Crippen LogP contribution in [0.25, 0.3) is 0 Å². The first-order valence-electron chi connectivity index (χ1n) is 4.97. The van der Waals surface area contributed by atoms with E-state index in [4.69, 9.17) is 10.2 Å². The molecule has 0 saturated carbocycles. The van der Waals surface area contributed by atoms with Gasteiger partial charge in [0.1, 0.15) is 0 Å². The number of hydrogen-bond donors (Lipinski definition) is 1. The molecule has 0 spiro atoms. The van der Waals surface area contributed by atoms with E-state index >= 15 is 0 Å². The summed E-state index contributed by atoms with van der Waals surface area (Å²) in [6, 6.07) is 0. The Morgan fingerprint density at radius 2 is 1.62 bits per heavy atom. The molecule has 0 saturated heterocycles. The highest BCUT2D eigenvalue weighted by Crippen LogP contribution is 2.17. The third kappa shape index (κ3) is 5.62. The van der Waals surface area contributed by atoms with Crippen LogP contribution in [0.5, 0.6) is 0 Å². The Balaban J connectivity index is 4.47. The van der Waals surface area contributed by atoms with E-state index in [-0.39, 0.29) is 11.3 Å². The Hall–Kier alpha value is 0.354. The zero-order valence-corrected chi connectivity index (χ0v) is 12.3. The molecule has 2 unspecified atom stereocenters. The molecular weight excluding hydrogens is 194 g/mol. The molecule has 2 N–H and O–H groups in total. The van der Waals surface area contributed by atoms with Crippen molar-refractivity contribution in [2.24, 2.45) is 5.73 Å². The third-order valence-electron chi connectivity index (χ3n) is 1.81. The molecule has 0 aliphatic heterocycles. The molecule has 0 fully saturated rings. The molecule has 2 nitrogen and oxygen atoms in total. The Morgan fingerprint density at radius 1 is 1.23 bits per heavy atom. The average molecular weight is 219 g/mol. The minimum atomic E-state index is -1.20. The first-order chi connectivity index (χ1) is 5.54. The van der Waals surface area contributed by atoms with Crippen LogP contribution in [0.4, 0.5) is 0 Å². The maximum Gasteiger partial charge on any atom is 0.181 e. The van der Waals surface area contributed by atoms with Gasteiger partial charge in [0.2, 0.25) is 0 Å². The van der Waals surface area contributed by atoms with Gasteiger partial charge in [-0.05, 0) is 20.8 Å². The molecule has 0 rings (SSSR count). The SMILES string of the molecule is CC(N)[SiH](OC(C)(C)C)[Si](C)(C)C. The van der Waals surface area contributed by atoms with E-state index in [0.29, 0.717) is 0 Å². The maximum absolute atomic E-state index is 6.14. The Labute approximate surface area is 85.4 Å². The fourth-order valence-electron chi connectivity index (χ4n) is 1.45. The van der Waals surface area contributed by atoms with E-state index in [0.717, 1.165) is 0 Å². The van der Waals surface area contributed by atoms with Crippen LogP contribution in [0, 0.1) is 0 Å². The van der Waals surface area contributed by atoms with Gasteiger partial charge < -0.3 is 10.2 Å². The van der Waals surface area contributed by atoms with E-state index in [1.165, 1.54) is 0 Å². The van der Waals surface area contributed by atoms with Gasteiger partial charge in [0, 0.05) is 11.3 Å². The molecule has 0 bridgehead atoms. The second kappa shape index (κ2) is 4.25. The van der Waals surface area contributed by atoms with Gasteiger partial charge in [0.25, 0.3) is 0 Å². The van der Waals surface area contributed by atoms with E-state index in [1.54, 1.807) is 0 Å². The largest absolute Gasteiger partial charge is 0.417 e. The second-order valence-electron chi connectivity index (χ2n) is 5.88. The van der Waals surface area contributed by atoms with Crippen LogP contribution in [-0.2, 0) is 4.43 Å². The molecule has 2 atom stereocenters. The quantitative estimate of drug-likeness (QED) is 0.735. The van der Waals surface area contributed by atoms with E-state index in [2.05, 4.69) is 47.3 Å². The van der Waals surface area contributed by atoms with E-state index in [9.17, 15) is 0 Å². The van der Waals surface area contributed by atoms with Crippen LogP contribution in [0.1, 0.15) is 27.7 Å². The molecule has 0 amide bonds. The van der Waals surface area contributed by atoms with Crippen molar-refractivity contribution < 1.29 is 4.43 Å². The highest BCUT2D eigenvalue weighted by atomic mass is 29.2. The Morgan fingerprint density at radius 3 is 1.69 bits per heavy atom. The topological polar surface area (TPSA) is 35.2 Å². The fourth-order valence-corrected chi connectivity index (χ4v) is 11.2. The lowest BCUT2D eigenvalue weighted by molar-refractivity contribution is 0.131. The molecule has 0 aromatic heterocycles. The zero-order valence-electron chi connectivity index (χ0n) is 10.1. The van der Waals surface area contributed by atoms with Crippen LogP contribution in [0.15, 0.2) is 0 Å². The minimum absolute atomic E-state index is 0.0230. The third-order valence-corrected chi connectivity index (χ3v) is 12.5. The molecule has 80 valence electrons.